The lowest BCUT2D eigenvalue weighted by molar-refractivity contribution is 0.0689. The molecule has 1 aliphatic heterocycles. The number of rotatable bonds is 3. The molecule has 0 saturated heterocycles. The minimum Gasteiger partial charge on any atom is -0.393 e. The second-order valence-electron chi connectivity index (χ2n) is 6.10. The van der Waals surface area contributed by atoms with E-state index in [4.69, 9.17) is 0 Å². The number of nitrogens with zero attached hydrogens (tertiary/aromatic N) is 2. The minimum absolute atomic E-state index is 0.177. The van der Waals surface area contributed by atoms with E-state index < -0.39 is 0 Å². The first-order valence-corrected chi connectivity index (χ1v) is 8.50. The Hall–Kier alpha value is -1.13. The maximum Gasteiger partial charge on any atom is 0.0957 e. The smallest absolute Gasteiger partial charge is 0.0957 e. The Morgan fingerprint density at radius 3 is 3.05 bits per heavy atom. The van der Waals surface area contributed by atoms with Crippen LogP contribution in [0.25, 0.3) is 11.3 Å². The Kier molecular flexibility index (Phi) is 3.15. The van der Waals surface area contributed by atoms with Crippen LogP contribution in [0, 0.1) is 5.92 Å². The maximum absolute atomic E-state index is 10.6. The van der Waals surface area contributed by atoms with E-state index in [-0.39, 0.29) is 6.10 Å². The highest BCUT2D eigenvalue weighted by Crippen LogP contribution is 2.45. The van der Waals surface area contributed by atoms with E-state index in [0.717, 1.165) is 6.42 Å². The van der Waals surface area contributed by atoms with Gasteiger partial charge in [0.05, 0.1) is 30.4 Å². The van der Waals surface area contributed by atoms with Crippen LogP contribution in [0.3, 0.4) is 0 Å². The average molecular weight is 288 g/mol. The first kappa shape index (κ1) is 12.6. The highest BCUT2D eigenvalue weighted by Gasteiger charge is 2.33. The van der Waals surface area contributed by atoms with E-state index in [1.807, 2.05) is 23.9 Å². The lowest BCUT2D eigenvalue weighted by Crippen LogP contribution is -2.26. The van der Waals surface area contributed by atoms with Crippen LogP contribution >= 0.6 is 11.3 Å². The molecule has 2 atom stereocenters. The Bertz CT molecular complexity index is 557. The molecular weight excluding hydrogens is 268 g/mol. The van der Waals surface area contributed by atoms with Gasteiger partial charge < -0.3 is 9.67 Å². The largest absolute Gasteiger partial charge is 0.393 e. The molecule has 1 aliphatic carbocycles. The van der Waals surface area contributed by atoms with Crippen LogP contribution in [0.5, 0.6) is 0 Å². The van der Waals surface area contributed by atoms with Crippen LogP contribution in [0.4, 0.5) is 0 Å². The number of hydrogen-bond acceptors (Lipinski definition) is 3. The SMILES string of the molecule is O[C@H](C[C@H]1c2sccc2-c2cncn21)C1CCCCC1. The van der Waals surface area contributed by atoms with Crippen molar-refractivity contribution < 1.29 is 5.11 Å². The number of hydrogen-bond donors (Lipinski definition) is 1. The molecule has 106 valence electrons. The van der Waals surface area contributed by atoms with Gasteiger partial charge >= 0.3 is 0 Å². The molecule has 2 aliphatic rings. The Morgan fingerprint density at radius 2 is 2.20 bits per heavy atom. The fraction of sp³-hybridized carbons (Fsp3) is 0.562. The average Bonchev–Trinajstić information content (AvgIpc) is 3.16. The molecule has 1 fully saturated rings. The third-order valence-corrected chi connectivity index (χ3v) is 5.95. The molecule has 1 saturated carbocycles. The van der Waals surface area contributed by atoms with E-state index in [9.17, 15) is 5.11 Å². The monoisotopic (exact) mass is 288 g/mol. The molecule has 0 radical (unpaired) electrons. The van der Waals surface area contributed by atoms with Gasteiger partial charge in [-0.15, -0.1) is 11.3 Å². The predicted molar refractivity (Wildman–Crippen MR) is 80.9 cm³/mol. The Balaban J connectivity index is 1.57. The molecule has 0 spiro atoms. The van der Waals surface area contributed by atoms with Crippen LogP contribution < -0.4 is 0 Å². The lowest BCUT2D eigenvalue weighted by Gasteiger charge is -2.28. The van der Waals surface area contributed by atoms with E-state index in [0.29, 0.717) is 12.0 Å². The first-order chi connectivity index (χ1) is 9.84. The summed E-state index contributed by atoms with van der Waals surface area (Å²) in [6, 6.07) is 2.47. The van der Waals surface area contributed by atoms with Crippen molar-refractivity contribution >= 4 is 11.3 Å². The number of imidazole rings is 1. The normalized spacial score (nSPS) is 23.6. The number of aromatic nitrogens is 2. The van der Waals surface area contributed by atoms with Gasteiger partial charge in [0.1, 0.15) is 0 Å². The third-order valence-electron chi connectivity index (χ3n) is 4.93. The zero-order chi connectivity index (χ0) is 13.5. The molecule has 0 bridgehead atoms. The number of aliphatic hydroxyl groups excluding tert-OH is 1. The fourth-order valence-corrected chi connectivity index (χ4v) is 4.86. The summed E-state index contributed by atoms with van der Waals surface area (Å²) in [5.74, 6) is 0.500. The quantitative estimate of drug-likeness (QED) is 0.931. The van der Waals surface area contributed by atoms with Gasteiger partial charge in [-0.25, -0.2) is 4.98 Å². The van der Waals surface area contributed by atoms with Crippen molar-refractivity contribution in [2.75, 3.05) is 0 Å². The van der Waals surface area contributed by atoms with Crippen LogP contribution in [0.2, 0.25) is 0 Å². The van der Waals surface area contributed by atoms with Gasteiger partial charge in [-0.2, -0.15) is 0 Å². The van der Waals surface area contributed by atoms with E-state index in [2.05, 4.69) is 21.0 Å². The van der Waals surface area contributed by atoms with Gasteiger partial charge in [0.15, 0.2) is 0 Å². The lowest BCUT2D eigenvalue weighted by atomic mass is 9.83. The maximum atomic E-state index is 10.6. The molecule has 4 rings (SSSR count). The second kappa shape index (κ2) is 5.01. The first-order valence-electron chi connectivity index (χ1n) is 7.62. The van der Waals surface area contributed by atoms with Gasteiger partial charge in [0, 0.05) is 10.4 Å². The molecular formula is C16H20N2OS. The molecule has 20 heavy (non-hydrogen) atoms. The summed E-state index contributed by atoms with van der Waals surface area (Å²) in [4.78, 5) is 5.68. The van der Waals surface area contributed by atoms with Crippen molar-refractivity contribution in [3.05, 3.63) is 28.8 Å². The summed E-state index contributed by atoms with van der Waals surface area (Å²) < 4.78 is 2.24. The number of fused-ring (bicyclic) bond motifs is 3. The van der Waals surface area contributed by atoms with E-state index in [1.54, 1.807) is 0 Å². The molecule has 4 heteroatoms. The second-order valence-corrected chi connectivity index (χ2v) is 7.05. The summed E-state index contributed by atoms with van der Waals surface area (Å²) in [6.07, 6.45) is 10.8. The number of aliphatic hydroxyl groups is 1. The third kappa shape index (κ3) is 1.93. The summed E-state index contributed by atoms with van der Waals surface area (Å²) >= 11 is 1.81. The van der Waals surface area contributed by atoms with Gasteiger partial charge in [-0.05, 0) is 36.6 Å². The molecule has 2 aromatic heterocycles. The molecule has 3 heterocycles. The van der Waals surface area contributed by atoms with Crippen molar-refractivity contribution in [1.29, 1.82) is 0 Å². The van der Waals surface area contributed by atoms with Gasteiger partial charge in [0.2, 0.25) is 0 Å². The van der Waals surface area contributed by atoms with Gasteiger partial charge in [-0.3, -0.25) is 0 Å². The summed E-state index contributed by atoms with van der Waals surface area (Å²) in [6.45, 7) is 0. The highest BCUT2D eigenvalue weighted by atomic mass is 32.1. The van der Waals surface area contributed by atoms with Crippen molar-refractivity contribution in [3.8, 4) is 11.3 Å². The number of thiophene rings is 1. The highest BCUT2D eigenvalue weighted by molar-refractivity contribution is 7.10. The fourth-order valence-electron chi connectivity index (χ4n) is 3.84. The van der Waals surface area contributed by atoms with Gasteiger partial charge in [0.25, 0.3) is 0 Å². The predicted octanol–water partition coefficient (Wildman–Crippen LogP) is 3.85. The van der Waals surface area contributed by atoms with Crippen molar-refractivity contribution in [3.63, 3.8) is 0 Å². The Labute approximate surface area is 123 Å². The zero-order valence-electron chi connectivity index (χ0n) is 11.5. The van der Waals surface area contributed by atoms with Crippen LogP contribution in [0.15, 0.2) is 24.0 Å². The van der Waals surface area contributed by atoms with Gasteiger partial charge in [-0.1, -0.05) is 19.3 Å². The molecule has 3 nitrogen and oxygen atoms in total. The molecule has 0 unspecified atom stereocenters. The Morgan fingerprint density at radius 1 is 1.35 bits per heavy atom. The van der Waals surface area contributed by atoms with Crippen LogP contribution in [-0.2, 0) is 0 Å². The van der Waals surface area contributed by atoms with E-state index in [1.165, 1.54) is 48.2 Å². The minimum atomic E-state index is -0.177. The molecule has 2 aromatic rings. The summed E-state index contributed by atoms with van der Waals surface area (Å²) in [5.41, 5.74) is 2.52. The van der Waals surface area contributed by atoms with Crippen molar-refractivity contribution in [1.82, 2.24) is 9.55 Å². The summed E-state index contributed by atoms with van der Waals surface area (Å²) in [7, 11) is 0. The van der Waals surface area contributed by atoms with Crippen molar-refractivity contribution in [2.45, 2.75) is 50.7 Å². The summed E-state index contributed by atoms with van der Waals surface area (Å²) in [5, 5.41) is 12.8. The molecule has 0 aromatic carbocycles. The zero-order valence-corrected chi connectivity index (χ0v) is 12.4. The van der Waals surface area contributed by atoms with E-state index >= 15 is 0 Å². The van der Waals surface area contributed by atoms with Crippen LogP contribution in [-0.4, -0.2) is 20.8 Å². The van der Waals surface area contributed by atoms with Crippen LogP contribution in [0.1, 0.15) is 49.4 Å². The topological polar surface area (TPSA) is 38.1 Å². The standard InChI is InChI=1S/C16H20N2OS/c19-15(11-4-2-1-3-5-11)8-13-16-12(6-7-20-16)14-9-17-10-18(13)14/h6-7,9-11,13,15,19H,1-5,8H2/t13-,15+/m0/s1. The molecule has 1 N–H and O–H groups in total. The molecule has 0 amide bonds. The van der Waals surface area contributed by atoms with Crippen molar-refractivity contribution in [2.24, 2.45) is 5.92 Å².